The fourth-order valence-corrected chi connectivity index (χ4v) is 1.15. The molecule has 2 nitrogen and oxygen atoms in total. The molecule has 0 heterocycles. The zero-order valence-corrected chi connectivity index (χ0v) is 8.82. The van der Waals surface area contributed by atoms with Gasteiger partial charge in [-0.2, -0.15) is 26.3 Å². The fourth-order valence-electron chi connectivity index (χ4n) is 1.15. The second kappa shape index (κ2) is 4.51. The number of carbonyl (C=O) groups is 1. The number of hydrogen-bond donors (Lipinski definition) is 0. The van der Waals surface area contributed by atoms with Gasteiger partial charge >= 0.3 is 18.3 Å². The van der Waals surface area contributed by atoms with Crippen LogP contribution in [0.15, 0.2) is 18.2 Å². The first kappa shape index (κ1) is 14.3. The van der Waals surface area contributed by atoms with E-state index in [0.29, 0.717) is 12.1 Å². The van der Waals surface area contributed by atoms with Crippen LogP contribution in [0.5, 0.6) is 5.75 Å². The van der Waals surface area contributed by atoms with Crippen molar-refractivity contribution in [3.63, 3.8) is 0 Å². The van der Waals surface area contributed by atoms with Crippen molar-refractivity contribution in [2.24, 2.45) is 0 Å². The largest absolute Gasteiger partial charge is 0.427 e. The Kier molecular flexibility index (Phi) is 3.59. The summed E-state index contributed by atoms with van der Waals surface area (Å²) in [7, 11) is 0. The van der Waals surface area contributed by atoms with Crippen LogP contribution in [0, 0.1) is 0 Å². The van der Waals surface area contributed by atoms with Crippen molar-refractivity contribution in [2.45, 2.75) is 19.3 Å². The summed E-state index contributed by atoms with van der Waals surface area (Å²) in [5.74, 6) is -1.81. The standard InChI is InChI=1S/C10H6F6O2/c1-5(17)18-8-3-6(9(11,12)13)2-7(4-8)10(14,15)16/h2-4H,1H3. The van der Waals surface area contributed by atoms with Crippen molar-refractivity contribution >= 4 is 5.97 Å². The van der Waals surface area contributed by atoms with Crippen LogP contribution in [-0.4, -0.2) is 5.97 Å². The first-order valence-electron chi connectivity index (χ1n) is 4.48. The van der Waals surface area contributed by atoms with Crippen LogP contribution in [0.25, 0.3) is 0 Å². The highest BCUT2D eigenvalue weighted by Gasteiger charge is 2.37. The molecule has 0 aliphatic carbocycles. The van der Waals surface area contributed by atoms with Crippen LogP contribution in [0.3, 0.4) is 0 Å². The number of rotatable bonds is 1. The summed E-state index contributed by atoms with van der Waals surface area (Å²) in [6.45, 7) is 0.869. The molecule has 1 aromatic carbocycles. The zero-order valence-electron chi connectivity index (χ0n) is 8.82. The molecule has 0 atom stereocenters. The number of esters is 1. The van der Waals surface area contributed by atoms with Crippen LogP contribution in [0.2, 0.25) is 0 Å². The molecule has 0 saturated carbocycles. The molecule has 0 N–H and O–H groups in total. The van der Waals surface area contributed by atoms with Gasteiger partial charge < -0.3 is 4.74 Å². The van der Waals surface area contributed by atoms with E-state index in [9.17, 15) is 31.1 Å². The minimum Gasteiger partial charge on any atom is -0.427 e. The van der Waals surface area contributed by atoms with E-state index in [4.69, 9.17) is 0 Å². The van der Waals surface area contributed by atoms with Crippen LogP contribution < -0.4 is 4.74 Å². The minimum atomic E-state index is -4.96. The molecule has 0 unspecified atom stereocenters. The lowest BCUT2D eigenvalue weighted by molar-refractivity contribution is -0.144. The molecule has 0 radical (unpaired) electrons. The molecule has 0 amide bonds. The number of carbonyl (C=O) groups excluding carboxylic acids is 1. The fraction of sp³-hybridized carbons (Fsp3) is 0.300. The van der Waals surface area contributed by atoms with Crippen molar-refractivity contribution in [2.75, 3.05) is 0 Å². The number of alkyl halides is 6. The molecule has 0 saturated heterocycles. The van der Waals surface area contributed by atoms with Crippen LogP contribution in [-0.2, 0) is 17.1 Å². The van der Waals surface area contributed by atoms with E-state index in [1.54, 1.807) is 0 Å². The van der Waals surface area contributed by atoms with Gasteiger partial charge in [0, 0.05) is 6.92 Å². The van der Waals surface area contributed by atoms with Gasteiger partial charge in [0.25, 0.3) is 0 Å². The van der Waals surface area contributed by atoms with Crippen molar-refractivity contribution in [3.05, 3.63) is 29.3 Å². The number of benzene rings is 1. The van der Waals surface area contributed by atoms with Gasteiger partial charge in [0.15, 0.2) is 0 Å². The third-order valence-corrected chi connectivity index (χ3v) is 1.82. The van der Waals surface area contributed by atoms with Gasteiger partial charge in [-0.1, -0.05) is 0 Å². The molecular formula is C10H6F6O2. The molecular weight excluding hydrogens is 266 g/mol. The lowest BCUT2D eigenvalue weighted by atomic mass is 10.1. The summed E-state index contributed by atoms with van der Waals surface area (Å²) in [5, 5.41) is 0. The Morgan fingerprint density at radius 3 is 1.61 bits per heavy atom. The quantitative estimate of drug-likeness (QED) is 0.443. The Hall–Kier alpha value is -1.73. The molecule has 18 heavy (non-hydrogen) atoms. The summed E-state index contributed by atoms with van der Waals surface area (Å²) in [4.78, 5) is 10.6. The van der Waals surface area contributed by atoms with Gasteiger partial charge in [-0.3, -0.25) is 4.79 Å². The van der Waals surface area contributed by atoms with Gasteiger partial charge in [0.05, 0.1) is 11.1 Å². The SMILES string of the molecule is CC(=O)Oc1cc(C(F)(F)F)cc(C(F)(F)F)c1. The topological polar surface area (TPSA) is 26.3 Å². The summed E-state index contributed by atoms with van der Waals surface area (Å²) >= 11 is 0. The first-order valence-corrected chi connectivity index (χ1v) is 4.48. The molecule has 100 valence electrons. The van der Waals surface area contributed by atoms with Crippen molar-refractivity contribution in [3.8, 4) is 5.75 Å². The second-order valence-corrected chi connectivity index (χ2v) is 3.34. The Labute approximate surface area is 97.2 Å². The normalized spacial score (nSPS) is 12.4. The van der Waals surface area contributed by atoms with Crippen molar-refractivity contribution in [1.82, 2.24) is 0 Å². The lowest BCUT2D eigenvalue weighted by Crippen LogP contribution is -2.12. The Morgan fingerprint density at radius 1 is 0.944 bits per heavy atom. The van der Waals surface area contributed by atoms with Crippen LogP contribution in [0.4, 0.5) is 26.3 Å². The Morgan fingerprint density at radius 2 is 1.33 bits per heavy atom. The average Bonchev–Trinajstić information content (AvgIpc) is 2.13. The van der Waals surface area contributed by atoms with Crippen LogP contribution in [0.1, 0.15) is 18.1 Å². The highest BCUT2D eigenvalue weighted by atomic mass is 19.4. The van der Waals surface area contributed by atoms with Crippen molar-refractivity contribution < 1.29 is 35.9 Å². The Balaban J connectivity index is 3.34. The third-order valence-electron chi connectivity index (χ3n) is 1.82. The molecule has 8 heteroatoms. The molecule has 0 spiro atoms. The van der Waals surface area contributed by atoms with Gasteiger partial charge in [-0.05, 0) is 18.2 Å². The van der Waals surface area contributed by atoms with E-state index in [1.165, 1.54) is 0 Å². The predicted octanol–water partition coefficient (Wildman–Crippen LogP) is 3.65. The molecule has 1 aromatic rings. The monoisotopic (exact) mass is 272 g/mol. The lowest BCUT2D eigenvalue weighted by Gasteiger charge is -2.13. The van der Waals surface area contributed by atoms with Crippen LogP contribution >= 0.6 is 0 Å². The van der Waals surface area contributed by atoms with Gasteiger partial charge in [0.1, 0.15) is 5.75 Å². The molecule has 1 rings (SSSR count). The van der Waals surface area contributed by atoms with Gasteiger partial charge in [-0.15, -0.1) is 0 Å². The summed E-state index contributed by atoms with van der Waals surface area (Å²) < 4.78 is 78.4. The molecule has 0 aliphatic rings. The second-order valence-electron chi connectivity index (χ2n) is 3.34. The van der Waals surface area contributed by atoms with E-state index in [2.05, 4.69) is 4.74 Å². The van der Waals surface area contributed by atoms with Gasteiger partial charge in [0.2, 0.25) is 0 Å². The maximum atomic E-state index is 12.4. The van der Waals surface area contributed by atoms with E-state index in [1.807, 2.05) is 0 Å². The molecule has 0 fully saturated rings. The third kappa shape index (κ3) is 3.64. The number of hydrogen-bond acceptors (Lipinski definition) is 2. The highest BCUT2D eigenvalue weighted by Crippen LogP contribution is 2.38. The summed E-state index contributed by atoms with van der Waals surface area (Å²) in [5.41, 5.74) is -3.07. The molecule has 0 aromatic heterocycles. The maximum absolute atomic E-state index is 12.4. The Bertz CT molecular complexity index is 428. The minimum absolute atomic E-state index is 0.0486. The number of halogens is 6. The molecule has 0 bridgehead atoms. The first-order chi connectivity index (χ1) is 8.00. The zero-order chi connectivity index (χ0) is 14.1. The van der Waals surface area contributed by atoms with Crippen molar-refractivity contribution in [1.29, 1.82) is 0 Å². The summed E-state index contributed by atoms with van der Waals surface area (Å²) in [6.07, 6.45) is -9.92. The van der Waals surface area contributed by atoms with E-state index < -0.39 is 35.2 Å². The van der Waals surface area contributed by atoms with E-state index >= 15 is 0 Å². The highest BCUT2D eigenvalue weighted by molar-refractivity contribution is 5.69. The van der Waals surface area contributed by atoms with E-state index in [0.717, 1.165) is 6.92 Å². The summed E-state index contributed by atoms with van der Waals surface area (Å²) in [6, 6.07) is 0.611. The van der Waals surface area contributed by atoms with E-state index in [-0.39, 0.29) is 6.07 Å². The number of ether oxygens (including phenoxy) is 1. The van der Waals surface area contributed by atoms with Gasteiger partial charge in [-0.25, -0.2) is 0 Å². The average molecular weight is 272 g/mol. The maximum Gasteiger partial charge on any atom is 0.416 e. The predicted molar refractivity (Wildman–Crippen MR) is 47.8 cm³/mol. The smallest absolute Gasteiger partial charge is 0.416 e. The molecule has 0 aliphatic heterocycles.